The average Bonchev–Trinajstić information content (AvgIpc) is 3.48. The molecule has 3 aromatic heterocycles. The molecule has 0 spiro atoms. The van der Waals surface area contributed by atoms with E-state index in [0.717, 1.165) is 51.4 Å². The lowest BCUT2D eigenvalue weighted by molar-refractivity contribution is 0.758. The number of aromatic nitrogens is 7. The third kappa shape index (κ3) is 4.05. The Morgan fingerprint density at radius 3 is 2.48 bits per heavy atom. The Hall–Kier alpha value is -4.13. The number of nitrogens with zero attached hydrogens (tertiary/aromatic N) is 6. The molecule has 0 saturated heterocycles. The van der Waals surface area contributed by atoms with E-state index in [0.29, 0.717) is 12.4 Å². The van der Waals surface area contributed by atoms with Crippen LogP contribution in [-0.4, -0.2) is 35.2 Å². The lowest BCUT2D eigenvalue weighted by Crippen LogP contribution is -2.06. The van der Waals surface area contributed by atoms with E-state index in [4.69, 9.17) is 9.97 Å². The van der Waals surface area contributed by atoms with Crippen LogP contribution in [0.1, 0.15) is 29.6 Å². The summed E-state index contributed by atoms with van der Waals surface area (Å²) >= 11 is 0. The highest BCUT2D eigenvalue weighted by Gasteiger charge is 2.15. The molecule has 0 saturated carbocycles. The second-order valence-electron chi connectivity index (χ2n) is 8.12. The van der Waals surface area contributed by atoms with Gasteiger partial charge in [-0.05, 0) is 54.3 Å². The fourth-order valence-electron chi connectivity index (χ4n) is 4.17. The summed E-state index contributed by atoms with van der Waals surface area (Å²) in [6.45, 7) is 6.88. The van der Waals surface area contributed by atoms with Gasteiger partial charge < -0.3 is 4.57 Å². The molecule has 7 nitrogen and oxygen atoms in total. The van der Waals surface area contributed by atoms with Gasteiger partial charge in [-0.1, -0.05) is 60.7 Å². The number of nitrogens with one attached hydrogen (secondary N) is 1. The highest BCUT2D eigenvalue weighted by Crippen LogP contribution is 2.30. The maximum atomic E-state index is 4.92. The van der Waals surface area contributed by atoms with Crippen molar-refractivity contribution in [3.63, 3.8) is 0 Å². The van der Waals surface area contributed by atoms with Crippen molar-refractivity contribution in [2.75, 3.05) is 0 Å². The van der Waals surface area contributed by atoms with Gasteiger partial charge in [0.05, 0.1) is 6.54 Å². The predicted molar refractivity (Wildman–Crippen MR) is 130 cm³/mol. The molecule has 0 amide bonds. The van der Waals surface area contributed by atoms with Crippen LogP contribution in [0.3, 0.4) is 0 Å². The van der Waals surface area contributed by atoms with Gasteiger partial charge in [0.15, 0.2) is 5.65 Å². The zero-order valence-electron chi connectivity index (χ0n) is 18.9. The summed E-state index contributed by atoms with van der Waals surface area (Å²) in [5.74, 6) is 1.61. The number of pyridine rings is 1. The average molecular weight is 436 g/mol. The summed E-state index contributed by atoms with van der Waals surface area (Å²) in [5.41, 5.74) is 8.40. The first-order valence-electron chi connectivity index (χ1n) is 11.0. The monoisotopic (exact) mass is 435 g/mol. The van der Waals surface area contributed by atoms with Crippen molar-refractivity contribution in [1.29, 1.82) is 0 Å². The van der Waals surface area contributed by atoms with E-state index < -0.39 is 0 Å². The number of H-pyrrole nitrogens is 1. The van der Waals surface area contributed by atoms with Crippen LogP contribution >= 0.6 is 0 Å². The Bertz CT molecular complexity index is 1430. The minimum absolute atomic E-state index is 0.588. The molecule has 33 heavy (non-hydrogen) atoms. The van der Waals surface area contributed by atoms with Crippen molar-refractivity contribution in [2.45, 2.75) is 33.7 Å². The maximum Gasteiger partial charge on any atom is 0.205 e. The van der Waals surface area contributed by atoms with Gasteiger partial charge in [-0.15, -0.1) is 10.2 Å². The van der Waals surface area contributed by atoms with E-state index in [2.05, 4.69) is 80.7 Å². The number of aromatic amines is 1. The number of tetrazole rings is 1. The number of rotatable bonds is 6. The van der Waals surface area contributed by atoms with Crippen molar-refractivity contribution < 1.29 is 0 Å². The van der Waals surface area contributed by atoms with E-state index in [9.17, 15) is 0 Å². The fourth-order valence-corrected chi connectivity index (χ4v) is 4.17. The normalized spacial score (nSPS) is 11.6. The Morgan fingerprint density at radius 1 is 0.970 bits per heavy atom. The topological polar surface area (TPSA) is 85.2 Å². The molecule has 0 aliphatic carbocycles. The highest BCUT2D eigenvalue weighted by molar-refractivity contribution is 5.80. The Balaban J connectivity index is 1.51. The molecular formula is C26H25N7. The third-order valence-electron chi connectivity index (χ3n) is 5.76. The molecule has 0 bridgehead atoms. The smallest absolute Gasteiger partial charge is 0.205 e. The summed E-state index contributed by atoms with van der Waals surface area (Å²) in [6.07, 6.45) is 4.98. The number of fused-ring (bicyclic) bond motifs is 1. The second-order valence-corrected chi connectivity index (χ2v) is 8.12. The fraction of sp³-hybridized carbons (Fsp3) is 0.192. The molecule has 0 aliphatic rings. The predicted octanol–water partition coefficient (Wildman–Crippen LogP) is 5.06. The van der Waals surface area contributed by atoms with E-state index in [1.165, 1.54) is 5.56 Å². The van der Waals surface area contributed by atoms with Gasteiger partial charge in [-0.2, -0.15) is 5.21 Å². The molecule has 0 unspecified atom stereocenters. The van der Waals surface area contributed by atoms with Crippen LogP contribution in [0.4, 0.5) is 0 Å². The molecule has 1 N–H and O–H groups in total. The Morgan fingerprint density at radius 2 is 1.76 bits per heavy atom. The standard InChI is InChI=1S/C26H25N7/c1-4-5-10-23-28-24-17(2)15-18(3)27-26(24)33(23)16-19-11-13-20(14-12-19)21-8-6-7-9-22(21)25-29-31-32-30-25/h4-9,11-15H,10,16H2,1-3H3,(H,29,30,31,32)/b5-4+. The number of hydrogen-bond acceptors (Lipinski definition) is 5. The number of aryl methyl sites for hydroxylation is 2. The van der Waals surface area contributed by atoms with Crippen LogP contribution in [0.15, 0.2) is 66.7 Å². The van der Waals surface area contributed by atoms with Crippen LogP contribution in [0, 0.1) is 13.8 Å². The van der Waals surface area contributed by atoms with Crippen molar-refractivity contribution in [1.82, 2.24) is 35.2 Å². The molecule has 0 fully saturated rings. The molecular weight excluding hydrogens is 410 g/mol. The SMILES string of the molecule is C/C=C/Cc1nc2c(C)cc(C)nc2n1Cc1ccc(-c2ccccc2-c2nn[nH]n2)cc1. The van der Waals surface area contributed by atoms with Crippen LogP contribution in [0.5, 0.6) is 0 Å². The van der Waals surface area contributed by atoms with Crippen molar-refractivity contribution in [2.24, 2.45) is 0 Å². The summed E-state index contributed by atoms with van der Waals surface area (Å²) in [7, 11) is 0. The van der Waals surface area contributed by atoms with Crippen LogP contribution in [0.25, 0.3) is 33.7 Å². The van der Waals surface area contributed by atoms with E-state index in [1.807, 2.05) is 32.0 Å². The third-order valence-corrected chi connectivity index (χ3v) is 5.76. The Labute approximate surface area is 192 Å². The van der Waals surface area contributed by atoms with Gasteiger partial charge in [0.1, 0.15) is 11.3 Å². The first-order chi connectivity index (χ1) is 16.1. The molecule has 0 radical (unpaired) electrons. The summed E-state index contributed by atoms with van der Waals surface area (Å²) in [4.78, 5) is 9.74. The lowest BCUT2D eigenvalue weighted by Gasteiger charge is -2.11. The zero-order valence-corrected chi connectivity index (χ0v) is 18.9. The minimum atomic E-state index is 0.588. The summed E-state index contributed by atoms with van der Waals surface area (Å²) in [6, 6.07) is 18.8. The van der Waals surface area contributed by atoms with Gasteiger partial charge in [-0.3, -0.25) is 0 Å². The molecule has 3 heterocycles. The largest absolute Gasteiger partial charge is 0.308 e. The number of imidazole rings is 1. The first-order valence-corrected chi connectivity index (χ1v) is 11.0. The summed E-state index contributed by atoms with van der Waals surface area (Å²) in [5, 5.41) is 14.5. The van der Waals surface area contributed by atoms with Crippen LogP contribution in [-0.2, 0) is 13.0 Å². The van der Waals surface area contributed by atoms with Gasteiger partial charge in [0.25, 0.3) is 0 Å². The van der Waals surface area contributed by atoms with Crippen molar-refractivity contribution >= 4 is 11.2 Å². The second kappa shape index (κ2) is 8.78. The van der Waals surface area contributed by atoms with Crippen LogP contribution < -0.4 is 0 Å². The minimum Gasteiger partial charge on any atom is -0.308 e. The molecule has 2 aromatic carbocycles. The molecule has 5 rings (SSSR count). The van der Waals surface area contributed by atoms with E-state index in [-0.39, 0.29) is 0 Å². The zero-order chi connectivity index (χ0) is 22.8. The highest BCUT2D eigenvalue weighted by atomic mass is 15.5. The maximum absolute atomic E-state index is 4.92. The lowest BCUT2D eigenvalue weighted by atomic mass is 9.98. The van der Waals surface area contributed by atoms with Gasteiger partial charge in [0.2, 0.25) is 5.82 Å². The van der Waals surface area contributed by atoms with Gasteiger partial charge >= 0.3 is 0 Å². The molecule has 7 heteroatoms. The quantitative estimate of drug-likeness (QED) is 0.377. The number of benzene rings is 2. The van der Waals surface area contributed by atoms with Gasteiger partial charge in [-0.25, -0.2) is 9.97 Å². The van der Waals surface area contributed by atoms with E-state index in [1.54, 1.807) is 0 Å². The molecule has 0 atom stereocenters. The molecule has 0 aliphatic heterocycles. The first kappa shape index (κ1) is 20.8. The Kier molecular flexibility index (Phi) is 5.52. The molecule has 5 aromatic rings. The van der Waals surface area contributed by atoms with E-state index >= 15 is 0 Å². The van der Waals surface area contributed by atoms with Crippen molar-refractivity contribution in [3.05, 3.63) is 89.4 Å². The van der Waals surface area contributed by atoms with Crippen molar-refractivity contribution in [3.8, 4) is 22.5 Å². The number of hydrogen-bond donors (Lipinski definition) is 1. The summed E-state index contributed by atoms with van der Waals surface area (Å²) < 4.78 is 2.23. The molecule has 164 valence electrons. The van der Waals surface area contributed by atoms with Gasteiger partial charge in [0, 0.05) is 17.7 Å². The number of allylic oxidation sites excluding steroid dienone is 2. The van der Waals surface area contributed by atoms with Crippen LogP contribution in [0.2, 0.25) is 0 Å².